The van der Waals surface area contributed by atoms with Crippen LogP contribution >= 0.6 is 0 Å². The Bertz CT molecular complexity index is 794. The van der Waals surface area contributed by atoms with Gasteiger partial charge >= 0.3 is 11.6 Å². The van der Waals surface area contributed by atoms with E-state index in [9.17, 15) is 9.59 Å². The second-order valence-corrected chi connectivity index (χ2v) is 6.58. The standard InChI is InChI=1S/C21H29NO4/c1-3-5-6-7-8-9-10-11-17-16-13-12-15(20(23)25-4-2)14-18(16)26-21(24)19(17)22/h12-14H,3-11,22H2,1-2H3. The van der Waals surface area contributed by atoms with Crippen molar-refractivity contribution in [2.75, 3.05) is 12.3 Å². The molecule has 0 fully saturated rings. The molecule has 2 rings (SSSR count). The number of carbonyl (C=O) groups excluding carboxylic acids is 1. The van der Waals surface area contributed by atoms with E-state index in [0.717, 1.165) is 30.2 Å². The zero-order chi connectivity index (χ0) is 18.9. The van der Waals surface area contributed by atoms with Gasteiger partial charge in [0.05, 0.1) is 12.2 Å². The topological polar surface area (TPSA) is 82.5 Å². The summed E-state index contributed by atoms with van der Waals surface area (Å²) in [4.78, 5) is 23.9. The van der Waals surface area contributed by atoms with Crippen LogP contribution in [0.2, 0.25) is 0 Å². The van der Waals surface area contributed by atoms with Crippen LogP contribution in [0.15, 0.2) is 27.4 Å². The largest absolute Gasteiger partial charge is 0.462 e. The summed E-state index contributed by atoms with van der Waals surface area (Å²) < 4.78 is 10.3. The van der Waals surface area contributed by atoms with E-state index in [0.29, 0.717) is 17.8 Å². The fourth-order valence-electron chi connectivity index (χ4n) is 3.15. The third-order valence-corrected chi connectivity index (χ3v) is 4.60. The number of carbonyl (C=O) groups is 1. The summed E-state index contributed by atoms with van der Waals surface area (Å²) in [7, 11) is 0. The Labute approximate surface area is 154 Å². The predicted molar refractivity (Wildman–Crippen MR) is 105 cm³/mol. The third kappa shape index (κ3) is 5.10. The summed E-state index contributed by atoms with van der Waals surface area (Å²) in [6.45, 7) is 4.26. The van der Waals surface area contributed by atoms with Crippen LogP contribution in [0.5, 0.6) is 0 Å². The van der Waals surface area contributed by atoms with Gasteiger partial charge in [-0.15, -0.1) is 0 Å². The molecule has 1 aromatic carbocycles. The van der Waals surface area contributed by atoms with Gasteiger partial charge in [0, 0.05) is 5.39 Å². The molecule has 0 radical (unpaired) electrons. The van der Waals surface area contributed by atoms with Gasteiger partial charge in [-0.1, -0.05) is 51.5 Å². The van der Waals surface area contributed by atoms with Crippen LogP contribution < -0.4 is 11.4 Å². The number of rotatable bonds is 10. The van der Waals surface area contributed by atoms with Crippen molar-refractivity contribution < 1.29 is 13.9 Å². The minimum atomic E-state index is -0.545. The minimum absolute atomic E-state index is 0.173. The van der Waals surface area contributed by atoms with Gasteiger partial charge in [0.25, 0.3) is 0 Å². The number of benzene rings is 1. The molecule has 0 saturated carbocycles. The molecular formula is C21H29NO4. The maximum atomic E-state index is 12.1. The number of fused-ring (bicyclic) bond motifs is 1. The molecule has 2 N–H and O–H groups in total. The van der Waals surface area contributed by atoms with Crippen molar-refractivity contribution in [2.45, 2.75) is 65.2 Å². The number of anilines is 1. The zero-order valence-electron chi connectivity index (χ0n) is 15.8. The zero-order valence-corrected chi connectivity index (χ0v) is 15.8. The summed E-state index contributed by atoms with van der Waals surface area (Å²) in [5.74, 6) is -0.428. The van der Waals surface area contributed by atoms with Gasteiger partial charge < -0.3 is 14.9 Å². The maximum Gasteiger partial charge on any atom is 0.359 e. The molecule has 5 nitrogen and oxygen atoms in total. The predicted octanol–water partition coefficient (Wildman–Crippen LogP) is 4.85. The van der Waals surface area contributed by atoms with Crippen LogP contribution in [0.3, 0.4) is 0 Å². The molecule has 0 unspecified atom stereocenters. The second-order valence-electron chi connectivity index (χ2n) is 6.58. The number of hydrogen-bond acceptors (Lipinski definition) is 5. The Morgan fingerprint density at radius 1 is 1.08 bits per heavy atom. The minimum Gasteiger partial charge on any atom is -0.462 e. The van der Waals surface area contributed by atoms with Gasteiger partial charge in [0.15, 0.2) is 0 Å². The van der Waals surface area contributed by atoms with Gasteiger partial charge in [-0.2, -0.15) is 0 Å². The molecule has 0 bridgehead atoms. The highest BCUT2D eigenvalue weighted by Gasteiger charge is 2.14. The van der Waals surface area contributed by atoms with Crippen LogP contribution in [0.1, 0.15) is 74.7 Å². The van der Waals surface area contributed by atoms with E-state index in [2.05, 4.69) is 6.92 Å². The summed E-state index contributed by atoms with van der Waals surface area (Å²) in [6, 6.07) is 5.04. The maximum absolute atomic E-state index is 12.1. The SMILES string of the molecule is CCCCCCCCCc1c(N)c(=O)oc2cc(C(=O)OCC)ccc12. The average Bonchev–Trinajstić information content (AvgIpc) is 2.63. The van der Waals surface area contributed by atoms with E-state index in [-0.39, 0.29) is 5.69 Å². The quantitative estimate of drug-likeness (QED) is 0.373. The normalized spacial score (nSPS) is 11.0. The Morgan fingerprint density at radius 2 is 1.77 bits per heavy atom. The number of nitrogens with two attached hydrogens (primary N) is 1. The molecular weight excluding hydrogens is 330 g/mol. The van der Waals surface area contributed by atoms with Crippen LogP contribution in [0, 0.1) is 0 Å². The summed E-state index contributed by atoms with van der Waals surface area (Å²) in [5, 5.41) is 0.793. The molecule has 1 aromatic heterocycles. The number of unbranched alkanes of at least 4 members (excludes halogenated alkanes) is 6. The molecule has 0 aliphatic heterocycles. The number of hydrogen-bond donors (Lipinski definition) is 1. The Hall–Kier alpha value is -2.30. The molecule has 0 atom stereocenters. The highest BCUT2D eigenvalue weighted by atomic mass is 16.5. The van der Waals surface area contributed by atoms with E-state index >= 15 is 0 Å². The third-order valence-electron chi connectivity index (χ3n) is 4.60. The molecule has 0 saturated heterocycles. The highest BCUT2D eigenvalue weighted by molar-refractivity contribution is 5.95. The van der Waals surface area contributed by atoms with E-state index < -0.39 is 11.6 Å². The first-order valence-electron chi connectivity index (χ1n) is 9.60. The van der Waals surface area contributed by atoms with Crippen molar-refractivity contribution in [1.29, 1.82) is 0 Å². The number of esters is 1. The molecule has 26 heavy (non-hydrogen) atoms. The van der Waals surface area contributed by atoms with Crippen LogP contribution in [0.4, 0.5) is 5.69 Å². The Morgan fingerprint density at radius 3 is 2.46 bits per heavy atom. The lowest BCUT2D eigenvalue weighted by atomic mass is 10.00. The highest BCUT2D eigenvalue weighted by Crippen LogP contribution is 2.25. The first kappa shape index (κ1) is 20.0. The summed E-state index contributed by atoms with van der Waals surface area (Å²) >= 11 is 0. The van der Waals surface area contributed by atoms with Gasteiger partial charge in [0.1, 0.15) is 11.3 Å². The first-order valence-corrected chi connectivity index (χ1v) is 9.60. The monoisotopic (exact) mass is 359 g/mol. The van der Waals surface area contributed by atoms with E-state index in [1.165, 1.54) is 32.1 Å². The molecule has 0 aliphatic carbocycles. The van der Waals surface area contributed by atoms with Crippen molar-refractivity contribution >= 4 is 22.6 Å². The second kappa shape index (κ2) is 10.00. The molecule has 0 amide bonds. The van der Waals surface area contributed by atoms with Crippen molar-refractivity contribution in [3.8, 4) is 0 Å². The Kier molecular flexibility index (Phi) is 7.70. The first-order chi connectivity index (χ1) is 12.6. The smallest absolute Gasteiger partial charge is 0.359 e. The van der Waals surface area contributed by atoms with Crippen molar-refractivity contribution in [1.82, 2.24) is 0 Å². The van der Waals surface area contributed by atoms with Crippen LogP contribution in [0.25, 0.3) is 11.0 Å². The number of nitrogen functional groups attached to an aromatic ring is 1. The molecule has 5 heteroatoms. The molecule has 142 valence electrons. The molecule has 0 spiro atoms. The number of ether oxygens (including phenoxy) is 1. The van der Waals surface area contributed by atoms with Gasteiger partial charge in [-0.05, 0) is 37.5 Å². The van der Waals surface area contributed by atoms with E-state index in [4.69, 9.17) is 14.9 Å². The van der Waals surface area contributed by atoms with Crippen molar-refractivity contribution in [3.63, 3.8) is 0 Å². The number of aryl methyl sites for hydroxylation is 1. The Balaban J connectivity index is 2.13. The molecule has 1 heterocycles. The van der Waals surface area contributed by atoms with Gasteiger partial charge in [-0.25, -0.2) is 9.59 Å². The average molecular weight is 359 g/mol. The van der Waals surface area contributed by atoms with Crippen molar-refractivity contribution in [2.24, 2.45) is 0 Å². The van der Waals surface area contributed by atoms with Crippen LogP contribution in [-0.4, -0.2) is 12.6 Å². The lowest BCUT2D eigenvalue weighted by Gasteiger charge is -2.10. The fraction of sp³-hybridized carbons (Fsp3) is 0.524. The van der Waals surface area contributed by atoms with Gasteiger partial charge in [-0.3, -0.25) is 0 Å². The van der Waals surface area contributed by atoms with E-state index in [1.807, 2.05) is 0 Å². The van der Waals surface area contributed by atoms with Gasteiger partial charge in [0.2, 0.25) is 0 Å². The molecule has 0 aliphatic rings. The lowest BCUT2D eigenvalue weighted by Crippen LogP contribution is -2.11. The fourth-order valence-corrected chi connectivity index (χ4v) is 3.15. The van der Waals surface area contributed by atoms with Crippen LogP contribution in [-0.2, 0) is 11.2 Å². The lowest BCUT2D eigenvalue weighted by molar-refractivity contribution is 0.0526. The van der Waals surface area contributed by atoms with Crippen molar-refractivity contribution in [3.05, 3.63) is 39.7 Å². The summed E-state index contributed by atoms with van der Waals surface area (Å²) in [5.41, 5.74) is 7.18. The molecule has 2 aromatic rings. The summed E-state index contributed by atoms with van der Waals surface area (Å²) in [6.07, 6.45) is 9.11. The van der Waals surface area contributed by atoms with E-state index in [1.54, 1.807) is 25.1 Å².